The van der Waals surface area contributed by atoms with E-state index in [1.165, 1.54) is 32.1 Å². The van der Waals surface area contributed by atoms with Crippen molar-refractivity contribution in [1.29, 1.82) is 0 Å². The standard InChI is InChI=1S/C16H30N2O2.ClH/c1-12(14-6-4-3-5-7-14)13(2)18-16(19)10-15-11-20-9-8-17-15;/h12-15,17H,3-11H2,1-2H3,(H,18,19);1H. The van der Waals surface area contributed by atoms with Gasteiger partial charge in [0, 0.05) is 25.0 Å². The Kier molecular flexibility index (Phi) is 8.60. The van der Waals surface area contributed by atoms with E-state index in [2.05, 4.69) is 24.5 Å². The van der Waals surface area contributed by atoms with E-state index < -0.39 is 0 Å². The average Bonchev–Trinajstić information content (AvgIpc) is 2.48. The first-order valence-corrected chi connectivity index (χ1v) is 8.27. The van der Waals surface area contributed by atoms with Crippen molar-refractivity contribution in [2.75, 3.05) is 19.8 Å². The molecule has 0 spiro atoms. The monoisotopic (exact) mass is 318 g/mol. The van der Waals surface area contributed by atoms with E-state index in [-0.39, 0.29) is 30.4 Å². The van der Waals surface area contributed by atoms with Crippen LogP contribution in [0.2, 0.25) is 0 Å². The number of rotatable bonds is 5. The molecule has 21 heavy (non-hydrogen) atoms. The highest BCUT2D eigenvalue weighted by atomic mass is 35.5. The van der Waals surface area contributed by atoms with Gasteiger partial charge in [0.2, 0.25) is 5.91 Å². The first-order chi connectivity index (χ1) is 9.66. The van der Waals surface area contributed by atoms with E-state index in [1.807, 2.05) is 0 Å². The Morgan fingerprint density at radius 1 is 1.29 bits per heavy atom. The average molecular weight is 319 g/mol. The number of hydrogen-bond donors (Lipinski definition) is 2. The summed E-state index contributed by atoms with van der Waals surface area (Å²) in [7, 11) is 0. The van der Waals surface area contributed by atoms with Gasteiger partial charge in [-0.1, -0.05) is 39.0 Å². The smallest absolute Gasteiger partial charge is 0.221 e. The van der Waals surface area contributed by atoms with E-state index in [0.29, 0.717) is 18.9 Å². The summed E-state index contributed by atoms with van der Waals surface area (Å²) in [4.78, 5) is 12.1. The lowest BCUT2D eigenvalue weighted by atomic mass is 9.78. The number of nitrogens with one attached hydrogen (secondary N) is 2. The molecule has 0 aromatic carbocycles. The number of ether oxygens (including phenoxy) is 1. The Labute approximate surface area is 135 Å². The highest BCUT2D eigenvalue weighted by Crippen LogP contribution is 2.31. The molecule has 0 aromatic heterocycles. The summed E-state index contributed by atoms with van der Waals surface area (Å²) in [5.41, 5.74) is 0. The van der Waals surface area contributed by atoms with Crippen molar-refractivity contribution >= 4 is 18.3 Å². The minimum Gasteiger partial charge on any atom is -0.378 e. The first-order valence-electron chi connectivity index (χ1n) is 8.27. The van der Waals surface area contributed by atoms with Crippen LogP contribution < -0.4 is 10.6 Å². The van der Waals surface area contributed by atoms with Crippen LogP contribution in [0.3, 0.4) is 0 Å². The zero-order valence-electron chi connectivity index (χ0n) is 13.4. The van der Waals surface area contributed by atoms with E-state index in [0.717, 1.165) is 19.1 Å². The molecule has 3 atom stereocenters. The highest BCUT2D eigenvalue weighted by molar-refractivity contribution is 5.85. The summed E-state index contributed by atoms with van der Waals surface area (Å²) in [5.74, 6) is 1.52. The van der Waals surface area contributed by atoms with Crippen molar-refractivity contribution in [2.45, 2.75) is 64.5 Å². The fraction of sp³-hybridized carbons (Fsp3) is 0.938. The summed E-state index contributed by atoms with van der Waals surface area (Å²) >= 11 is 0. The lowest BCUT2D eigenvalue weighted by Crippen LogP contribution is -2.47. The van der Waals surface area contributed by atoms with Gasteiger partial charge in [0.1, 0.15) is 0 Å². The molecule has 4 nitrogen and oxygen atoms in total. The molecule has 0 aromatic rings. The van der Waals surface area contributed by atoms with Crippen LogP contribution in [0.1, 0.15) is 52.4 Å². The van der Waals surface area contributed by atoms with Gasteiger partial charge in [-0.3, -0.25) is 4.79 Å². The van der Waals surface area contributed by atoms with Gasteiger partial charge in [0.25, 0.3) is 0 Å². The fourth-order valence-corrected chi connectivity index (χ4v) is 3.49. The normalized spacial score (nSPS) is 26.5. The summed E-state index contributed by atoms with van der Waals surface area (Å²) in [6.45, 7) is 6.71. The van der Waals surface area contributed by atoms with Crippen LogP contribution in [0.25, 0.3) is 0 Å². The minimum atomic E-state index is 0. The minimum absolute atomic E-state index is 0. The molecule has 1 aliphatic heterocycles. The summed E-state index contributed by atoms with van der Waals surface area (Å²) in [6.07, 6.45) is 7.30. The van der Waals surface area contributed by atoms with Crippen molar-refractivity contribution in [3.05, 3.63) is 0 Å². The molecule has 2 rings (SSSR count). The first kappa shape index (κ1) is 18.7. The van der Waals surface area contributed by atoms with Gasteiger partial charge in [-0.05, 0) is 18.8 Å². The van der Waals surface area contributed by atoms with Gasteiger partial charge in [-0.15, -0.1) is 12.4 Å². The second kappa shape index (κ2) is 9.65. The molecule has 1 heterocycles. The molecule has 1 aliphatic carbocycles. The number of hydrogen-bond acceptors (Lipinski definition) is 3. The van der Waals surface area contributed by atoms with Gasteiger partial charge >= 0.3 is 0 Å². The summed E-state index contributed by atoms with van der Waals surface area (Å²) in [6, 6.07) is 0.455. The number of carbonyl (C=O) groups excluding carboxylic acids is 1. The van der Waals surface area contributed by atoms with Gasteiger partial charge < -0.3 is 15.4 Å². The molecule has 3 unspecified atom stereocenters. The lowest BCUT2D eigenvalue weighted by Gasteiger charge is -2.32. The Balaban J connectivity index is 0.00000220. The third-order valence-corrected chi connectivity index (χ3v) is 5.00. The number of carbonyl (C=O) groups is 1. The molecule has 5 heteroatoms. The second-order valence-corrected chi connectivity index (χ2v) is 6.54. The quantitative estimate of drug-likeness (QED) is 0.819. The summed E-state index contributed by atoms with van der Waals surface area (Å²) < 4.78 is 5.39. The molecule has 1 saturated heterocycles. The lowest BCUT2D eigenvalue weighted by molar-refractivity contribution is -0.123. The number of amides is 1. The maximum absolute atomic E-state index is 12.1. The molecule has 0 radical (unpaired) electrons. The van der Waals surface area contributed by atoms with Crippen LogP contribution in [0, 0.1) is 11.8 Å². The molecule has 2 fully saturated rings. The molecule has 0 bridgehead atoms. The Hall–Kier alpha value is -0.320. The molecule has 1 amide bonds. The van der Waals surface area contributed by atoms with Gasteiger partial charge in [0.05, 0.1) is 13.2 Å². The van der Waals surface area contributed by atoms with Crippen LogP contribution in [-0.4, -0.2) is 37.7 Å². The van der Waals surface area contributed by atoms with Crippen molar-refractivity contribution in [3.63, 3.8) is 0 Å². The van der Waals surface area contributed by atoms with E-state index in [4.69, 9.17) is 4.74 Å². The van der Waals surface area contributed by atoms with Crippen LogP contribution in [0.5, 0.6) is 0 Å². The maximum atomic E-state index is 12.1. The molecular formula is C16H31ClN2O2. The third kappa shape index (κ3) is 6.13. The van der Waals surface area contributed by atoms with Gasteiger partial charge in [0.15, 0.2) is 0 Å². The van der Waals surface area contributed by atoms with Crippen LogP contribution in [-0.2, 0) is 9.53 Å². The highest BCUT2D eigenvalue weighted by Gasteiger charge is 2.26. The maximum Gasteiger partial charge on any atom is 0.221 e. The molecule has 2 aliphatic rings. The zero-order valence-corrected chi connectivity index (χ0v) is 14.2. The predicted molar refractivity (Wildman–Crippen MR) is 87.8 cm³/mol. The molecular weight excluding hydrogens is 288 g/mol. The van der Waals surface area contributed by atoms with Crippen LogP contribution in [0.4, 0.5) is 0 Å². The fourth-order valence-electron chi connectivity index (χ4n) is 3.49. The zero-order chi connectivity index (χ0) is 14.4. The summed E-state index contributed by atoms with van der Waals surface area (Å²) in [5, 5.41) is 6.52. The van der Waals surface area contributed by atoms with E-state index in [1.54, 1.807) is 0 Å². The van der Waals surface area contributed by atoms with Crippen molar-refractivity contribution < 1.29 is 9.53 Å². The molecule has 124 valence electrons. The SMILES string of the molecule is CC(NC(=O)CC1COCCN1)C(C)C1CCCCC1.Cl. The predicted octanol–water partition coefficient (Wildman–Crippen LogP) is 2.51. The van der Waals surface area contributed by atoms with E-state index in [9.17, 15) is 4.79 Å². The van der Waals surface area contributed by atoms with Gasteiger partial charge in [-0.2, -0.15) is 0 Å². The number of halogens is 1. The molecule has 1 saturated carbocycles. The van der Waals surface area contributed by atoms with Gasteiger partial charge in [-0.25, -0.2) is 0 Å². The van der Waals surface area contributed by atoms with Crippen molar-refractivity contribution in [2.24, 2.45) is 11.8 Å². The Bertz CT molecular complexity index is 303. The third-order valence-electron chi connectivity index (χ3n) is 5.00. The van der Waals surface area contributed by atoms with Crippen LogP contribution in [0.15, 0.2) is 0 Å². The van der Waals surface area contributed by atoms with Crippen LogP contribution >= 0.6 is 12.4 Å². The van der Waals surface area contributed by atoms with Crippen molar-refractivity contribution in [3.8, 4) is 0 Å². The van der Waals surface area contributed by atoms with Crippen molar-refractivity contribution in [1.82, 2.24) is 10.6 Å². The topological polar surface area (TPSA) is 50.4 Å². The Morgan fingerprint density at radius 3 is 2.62 bits per heavy atom. The molecule has 2 N–H and O–H groups in total. The Morgan fingerprint density at radius 2 is 2.00 bits per heavy atom. The number of morpholine rings is 1. The van der Waals surface area contributed by atoms with E-state index >= 15 is 0 Å². The largest absolute Gasteiger partial charge is 0.378 e. The second-order valence-electron chi connectivity index (χ2n) is 6.54.